The van der Waals surface area contributed by atoms with Crippen LogP contribution in [0.1, 0.15) is 0 Å². The molecule has 11 heavy (non-hydrogen) atoms. The molecule has 62 valence electrons. The second kappa shape index (κ2) is 3.11. The maximum atomic E-state index is 8.76. The summed E-state index contributed by atoms with van der Waals surface area (Å²) in [4.78, 5) is 6.40. The molecule has 0 saturated heterocycles. The molecular formula is C4H7ClN4O2. The van der Waals surface area contributed by atoms with E-state index < -0.39 is 11.9 Å². The average molecular weight is 179 g/mol. The van der Waals surface area contributed by atoms with Gasteiger partial charge in [-0.3, -0.25) is 0 Å². The lowest BCUT2D eigenvalue weighted by Crippen LogP contribution is -1.99. The van der Waals surface area contributed by atoms with Crippen molar-refractivity contribution in [3.8, 4) is 11.9 Å². The number of nitrogen functional groups attached to an aromatic ring is 2. The number of anilines is 2. The van der Waals surface area contributed by atoms with Crippen LogP contribution >= 0.6 is 12.4 Å². The molecule has 0 amide bonds. The zero-order chi connectivity index (χ0) is 7.72. The van der Waals surface area contributed by atoms with Crippen molar-refractivity contribution < 1.29 is 10.2 Å². The van der Waals surface area contributed by atoms with E-state index in [0.29, 0.717) is 0 Å². The number of aromatic nitrogens is 2. The van der Waals surface area contributed by atoms with Gasteiger partial charge in [-0.05, 0) is 0 Å². The van der Waals surface area contributed by atoms with E-state index >= 15 is 0 Å². The molecule has 1 aromatic rings. The quantitative estimate of drug-likeness (QED) is 0.424. The highest BCUT2D eigenvalue weighted by Gasteiger charge is 2.05. The van der Waals surface area contributed by atoms with Crippen molar-refractivity contribution in [2.24, 2.45) is 0 Å². The first-order chi connectivity index (χ1) is 4.61. The van der Waals surface area contributed by atoms with Crippen LogP contribution in [0.25, 0.3) is 0 Å². The monoisotopic (exact) mass is 178 g/mol. The maximum Gasteiger partial charge on any atom is 0.319 e. The fraction of sp³-hybridized carbons (Fsp3) is 0. The molecule has 1 aromatic heterocycles. The van der Waals surface area contributed by atoms with Crippen LogP contribution in [0.15, 0.2) is 0 Å². The predicted molar refractivity (Wildman–Crippen MR) is 41.4 cm³/mol. The number of nitrogens with two attached hydrogens (primary N) is 2. The molecule has 0 aliphatic rings. The Morgan fingerprint density at radius 2 is 1.64 bits per heavy atom. The third kappa shape index (κ3) is 1.74. The lowest BCUT2D eigenvalue weighted by molar-refractivity contribution is 0.400. The Kier molecular flexibility index (Phi) is 2.70. The minimum atomic E-state index is -0.593. The fourth-order valence-corrected chi connectivity index (χ4v) is 0.462. The van der Waals surface area contributed by atoms with Gasteiger partial charge in [0, 0.05) is 0 Å². The molecule has 0 unspecified atom stereocenters. The molecule has 6 N–H and O–H groups in total. The van der Waals surface area contributed by atoms with Crippen LogP contribution < -0.4 is 11.5 Å². The van der Waals surface area contributed by atoms with E-state index in [1.54, 1.807) is 0 Å². The molecule has 0 spiro atoms. The van der Waals surface area contributed by atoms with E-state index in [1.807, 2.05) is 0 Å². The smallest absolute Gasteiger partial charge is 0.319 e. The zero-order valence-corrected chi connectivity index (χ0v) is 6.17. The highest BCUT2D eigenvalue weighted by Crippen LogP contribution is 2.23. The summed E-state index contributed by atoms with van der Waals surface area (Å²) in [6.45, 7) is 0. The second-order valence-electron chi connectivity index (χ2n) is 1.65. The van der Waals surface area contributed by atoms with Crippen LogP contribution in [-0.2, 0) is 0 Å². The molecule has 0 aromatic carbocycles. The Labute approximate surface area is 68.3 Å². The number of aromatic hydroxyl groups is 2. The highest BCUT2D eigenvalue weighted by atomic mass is 35.5. The van der Waals surface area contributed by atoms with Gasteiger partial charge < -0.3 is 21.7 Å². The van der Waals surface area contributed by atoms with Gasteiger partial charge in [0.25, 0.3) is 0 Å². The molecular weight excluding hydrogens is 172 g/mol. The van der Waals surface area contributed by atoms with E-state index in [2.05, 4.69) is 9.97 Å². The van der Waals surface area contributed by atoms with Gasteiger partial charge in [0.2, 0.25) is 5.88 Å². The average Bonchev–Trinajstić information content (AvgIpc) is 1.82. The lowest BCUT2D eigenvalue weighted by Gasteiger charge is -1.99. The third-order valence-electron chi connectivity index (χ3n) is 0.943. The summed E-state index contributed by atoms with van der Waals surface area (Å²) in [5.74, 6) is -0.644. The van der Waals surface area contributed by atoms with Crippen LogP contribution in [0.4, 0.5) is 11.5 Å². The van der Waals surface area contributed by atoms with Gasteiger partial charge in [0.1, 0.15) is 5.69 Å². The largest absolute Gasteiger partial charge is 0.492 e. The molecule has 0 fully saturated rings. The Hall–Kier alpha value is -1.43. The molecule has 0 aliphatic heterocycles. The van der Waals surface area contributed by atoms with Crippen LogP contribution in [0.2, 0.25) is 0 Å². The summed E-state index contributed by atoms with van der Waals surface area (Å²) < 4.78 is 0. The molecule has 0 radical (unpaired) electrons. The number of rotatable bonds is 0. The lowest BCUT2D eigenvalue weighted by atomic mass is 10.5. The molecule has 0 aliphatic carbocycles. The summed E-state index contributed by atoms with van der Waals surface area (Å²) in [7, 11) is 0. The fourth-order valence-electron chi connectivity index (χ4n) is 0.462. The first-order valence-electron chi connectivity index (χ1n) is 2.42. The summed E-state index contributed by atoms with van der Waals surface area (Å²) >= 11 is 0. The van der Waals surface area contributed by atoms with Gasteiger partial charge >= 0.3 is 6.01 Å². The molecule has 7 heteroatoms. The normalized spacial score (nSPS) is 8.73. The predicted octanol–water partition coefficient (Wildman–Crippen LogP) is -0.526. The van der Waals surface area contributed by atoms with E-state index in [1.165, 1.54) is 0 Å². The molecule has 1 heterocycles. The van der Waals surface area contributed by atoms with E-state index in [4.69, 9.17) is 21.7 Å². The van der Waals surface area contributed by atoms with Crippen molar-refractivity contribution in [2.75, 3.05) is 11.5 Å². The standard InChI is InChI=1S/C4H6N4O2.ClH/c5-1-2(6)7-4(10)8-3(1)9;/h5H2,(H4,6,7,8,9,10);1H. The molecule has 0 atom stereocenters. The van der Waals surface area contributed by atoms with Crippen molar-refractivity contribution in [3.63, 3.8) is 0 Å². The first-order valence-corrected chi connectivity index (χ1v) is 2.42. The van der Waals surface area contributed by atoms with Crippen molar-refractivity contribution >= 4 is 23.9 Å². The third-order valence-corrected chi connectivity index (χ3v) is 0.943. The van der Waals surface area contributed by atoms with E-state index in [0.717, 1.165) is 0 Å². The van der Waals surface area contributed by atoms with Gasteiger partial charge in [-0.15, -0.1) is 12.4 Å². The number of nitrogens with zero attached hydrogens (tertiary/aromatic N) is 2. The maximum absolute atomic E-state index is 8.76. The molecule has 6 nitrogen and oxygen atoms in total. The highest BCUT2D eigenvalue weighted by molar-refractivity contribution is 5.85. The van der Waals surface area contributed by atoms with Crippen LogP contribution in [-0.4, -0.2) is 20.2 Å². The van der Waals surface area contributed by atoms with Crippen LogP contribution in [0.5, 0.6) is 11.9 Å². The van der Waals surface area contributed by atoms with Crippen molar-refractivity contribution in [1.82, 2.24) is 9.97 Å². The number of halogens is 1. The van der Waals surface area contributed by atoms with Crippen LogP contribution in [0.3, 0.4) is 0 Å². The molecule has 0 bridgehead atoms. The van der Waals surface area contributed by atoms with Crippen molar-refractivity contribution in [3.05, 3.63) is 0 Å². The minimum Gasteiger partial charge on any atom is -0.492 e. The summed E-state index contributed by atoms with van der Waals surface area (Å²) in [5.41, 5.74) is 10.1. The van der Waals surface area contributed by atoms with Gasteiger partial charge in [0.15, 0.2) is 5.82 Å². The van der Waals surface area contributed by atoms with Gasteiger partial charge in [-0.1, -0.05) is 0 Å². The Morgan fingerprint density at radius 3 is 2.09 bits per heavy atom. The Balaban J connectivity index is 0.000001000. The summed E-state index contributed by atoms with van der Waals surface area (Å²) in [5, 5.41) is 17.4. The van der Waals surface area contributed by atoms with Gasteiger partial charge in [-0.25, -0.2) is 0 Å². The molecule has 0 saturated carbocycles. The van der Waals surface area contributed by atoms with Crippen LogP contribution in [0, 0.1) is 0 Å². The second-order valence-corrected chi connectivity index (χ2v) is 1.65. The van der Waals surface area contributed by atoms with E-state index in [9.17, 15) is 0 Å². The van der Waals surface area contributed by atoms with Gasteiger partial charge in [-0.2, -0.15) is 9.97 Å². The van der Waals surface area contributed by atoms with Gasteiger partial charge in [0.05, 0.1) is 0 Å². The number of hydrogen-bond donors (Lipinski definition) is 4. The minimum absolute atomic E-state index is 0. The SMILES string of the molecule is Cl.Nc1nc(O)nc(O)c1N. The zero-order valence-electron chi connectivity index (χ0n) is 5.35. The summed E-state index contributed by atoms with van der Waals surface area (Å²) in [6, 6.07) is -0.593. The topological polar surface area (TPSA) is 118 Å². The van der Waals surface area contributed by atoms with E-state index in [-0.39, 0.29) is 23.9 Å². The molecule has 1 rings (SSSR count). The number of hydrogen-bond acceptors (Lipinski definition) is 6. The Morgan fingerprint density at radius 1 is 1.09 bits per heavy atom. The van der Waals surface area contributed by atoms with Crippen molar-refractivity contribution in [1.29, 1.82) is 0 Å². The first kappa shape index (κ1) is 9.57. The van der Waals surface area contributed by atoms with Crippen molar-refractivity contribution in [2.45, 2.75) is 0 Å². The summed E-state index contributed by atoms with van der Waals surface area (Å²) in [6.07, 6.45) is 0. The Bertz CT molecular complexity index is 243.